The van der Waals surface area contributed by atoms with Gasteiger partial charge in [0.1, 0.15) is 5.75 Å². The zero-order valence-electron chi connectivity index (χ0n) is 16.1. The van der Waals surface area contributed by atoms with E-state index in [-0.39, 0.29) is 37.4 Å². The third kappa shape index (κ3) is 4.45. The summed E-state index contributed by atoms with van der Waals surface area (Å²) >= 11 is 0. The van der Waals surface area contributed by atoms with Gasteiger partial charge in [-0.3, -0.25) is 19.3 Å². The number of carbonyl (C=O) groups excluding carboxylic acids is 3. The number of rotatable bonds is 7. The van der Waals surface area contributed by atoms with Gasteiger partial charge in [-0.05, 0) is 43.7 Å². The predicted octanol–water partition coefficient (Wildman–Crippen LogP) is 4.12. The zero-order valence-corrected chi connectivity index (χ0v) is 16.1. The van der Waals surface area contributed by atoms with Crippen LogP contribution in [0.1, 0.15) is 46.0 Å². The summed E-state index contributed by atoms with van der Waals surface area (Å²) in [7, 11) is 0. The SMILES string of the molecule is CCOc1ccc(C(F)(F)F)cc1NC(=O)CCCN1C(=O)c2ccccc2C1=O. The predicted molar refractivity (Wildman–Crippen MR) is 102 cm³/mol. The van der Waals surface area contributed by atoms with Gasteiger partial charge < -0.3 is 10.1 Å². The Labute approximate surface area is 170 Å². The Balaban J connectivity index is 1.61. The number of amides is 3. The number of nitrogens with zero attached hydrogens (tertiary/aromatic N) is 1. The molecule has 0 radical (unpaired) electrons. The molecule has 158 valence electrons. The Morgan fingerprint density at radius 2 is 1.70 bits per heavy atom. The highest BCUT2D eigenvalue weighted by atomic mass is 19.4. The zero-order chi connectivity index (χ0) is 21.9. The molecule has 0 aromatic heterocycles. The average molecular weight is 420 g/mol. The van der Waals surface area contributed by atoms with Crippen molar-refractivity contribution in [3.05, 3.63) is 59.2 Å². The molecule has 6 nitrogen and oxygen atoms in total. The molecular formula is C21H19F3N2O4. The number of alkyl halides is 3. The number of fused-ring (bicyclic) bond motifs is 1. The molecule has 0 atom stereocenters. The van der Waals surface area contributed by atoms with Crippen LogP contribution in [0.3, 0.4) is 0 Å². The van der Waals surface area contributed by atoms with Crippen LogP contribution in [0.25, 0.3) is 0 Å². The van der Waals surface area contributed by atoms with Crippen molar-refractivity contribution in [1.29, 1.82) is 0 Å². The van der Waals surface area contributed by atoms with E-state index in [1.165, 1.54) is 0 Å². The van der Waals surface area contributed by atoms with Crippen molar-refractivity contribution < 1.29 is 32.3 Å². The molecule has 2 aromatic rings. The maximum absolute atomic E-state index is 13.0. The Morgan fingerprint density at radius 3 is 2.27 bits per heavy atom. The molecule has 1 aliphatic heterocycles. The number of hydrogen-bond donors (Lipinski definition) is 1. The lowest BCUT2D eigenvalue weighted by Crippen LogP contribution is -2.31. The number of anilines is 1. The van der Waals surface area contributed by atoms with Crippen molar-refractivity contribution in [3.63, 3.8) is 0 Å². The number of hydrogen-bond acceptors (Lipinski definition) is 4. The Hall–Kier alpha value is -3.36. The summed E-state index contributed by atoms with van der Waals surface area (Å²) in [6, 6.07) is 9.28. The molecule has 3 rings (SSSR count). The van der Waals surface area contributed by atoms with Gasteiger partial charge in [0.2, 0.25) is 5.91 Å². The third-order valence-electron chi connectivity index (χ3n) is 4.54. The van der Waals surface area contributed by atoms with Crippen molar-refractivity contribution in [2.75, 3.05) is 18.5 Å². The van der Waals surface area contributed by atoms with Gasteiger partial charge in [-0.1, -0.05) is 12.1 Å². The highest BCUT2D eigenvalue weighted by Gasteiger charge is 2.34. The fourth-order valence-electron chi connectivity index (χ4n) is 3.14. The molecule has 3 amide bonds. The summed E-state index contributed by atoms with van der Waals surface area (Å²) in [5, 5.41) is 2.42. The normalized spacial score (nSPS) is 13.4. The van der Waals surface area contributed by atoms with Gasteiger partial charge in [0.25, 0.3) is 11.8 Å². The Morgan fingerprint density at radius 1 is 1.07 bits per heavy atom. The molecule has 1 N–H and O–H groups in total. The van der Waals surface area contributed by atoms with E-state index in [9.17, 15) is 27.6 Å². The number of benzene rings is 2. The van der Waals surface area contributed by atoms with Crippen LogP contribution in [0, 0.1) is 0 Å². The molecule has 9 heteroatoms. The number of nitrogens with one attached hydrogen (secondary N) is 1. The number of carbonyl (C=O) groups is 3. The first-order valence-electron chi connectivity index (χ1n) is 9.31. The van der Waals surface area contributed by atoms with E-state index in [0.29, 0.717) is 11.1 Å². The first-order chi connectivity index (χ1) is 14.2. The summed E-state index contributed by atoms with van der Waals surface area (Å²) in [5.74, 6) is -1.27. The standard InChI is InChI=1S/C21H19F3N2O4/c1-2-30-17-10-9-13(21(22,23)24)12-16(17)25-18(27)8-5-11-26-19(28)14-6-3-4-7-15(14)20(26)29/h3-4,6-7,9-10,12H,2,5,8,11H2,1H3,(H,25,27). The lowest BCUT2D eigenvalue weighted by Gasteiger charge is -2.16. The summed E-state index contributed by atoms with van der Waals surface area (Å²) in [4.78, 5) is 37.9. The summed E-state index contributed by atoms with van der Waals surface area (Å²) < 4.78 is 44.2. The largest absolute Gasteiger partial charge is 0.492 e. The lowest BCUT2D eigenvalue weighted by molar-refractivity contribution is -0.137. The van der Waals surface area contributed by atoms with E-state index in [0.717, 1.165) is 23.1 Å². The van der Waals surface area contributed by atoms with Gasteiger partial charge in [0.15, 0.2) is 0 Å². The van der Waals surface area contributed by atoms with Crippen molar-refractivity contribution in [2.45, 2.75) is 25.9 Å². The van der Waals surface area contributed by atoms with Gasteiger partial charge in [0.05, 0.1) is 29.0 Å². The first kappa shape index (κ1) is 21.4. The quantitative estimate of drug-likeness (QED) is 0.684. The van der Waals surface area contributed by atoms with Gasteiger partial charge in [0, 0.05) is 13.0 Å². The van der Waals surface area contributed by atoms with Crippen LogP contribution < -0.4 is 10.1 Å². The molecular weight excluding hydrogens is 401 g/mol. The molecule has 0 aliphatic carbocycles. The second-order valence-electron chi connectivity index (χ2n) is 6.60. The molecule has 2 aromatic carbocycles. The third-order valence-corrected chi connectivity index (χ3v) is 4.54. The van der Waals surface area contributed by atoms with Crippen LogP contribution >= 0.6 is 0 Å². The van der Waals surface area contributed by atoms with Crippen LogP contribution in [0.4, 0.5) is 18.9 Å². The van der Waals surface area contributed by atoms with Gasteiger partial charge in [-0.2, -0.15) is 13.2 Å². The summed E-state index contributed by atoms with van der Waals surface area (Å²) in [5.41, 5.74) is -0.362. The molecule has 0 spiro atoms. The Kier molecular flexibility index (Phi) is 6.09. The molecule has 0 unspecified atom stereocenters. The molecule has 0 saturated heterocycles. The second kappa shape index (κ2) is 8.56. The second-order valence-corrected chi connectivity index (χ2v) is 6.60. The van der Waals surface area contributed by atoms with E-state index in [1.807, 2.05) is 0 Å². The van der Waals surface area contributed by atoms with Crippen LogP contribution in [-0.2, 0) is 11.0 Å². The van der Waals surface area contributed by atoms with Crippen LogP contribution in [0.5, 0.6) is 5.75 Å². The Bertz CT molecular complexity index is 953. The minimum absolute atomic E-state index is 0.0284. The monoisotopic (exact) mass is 420 g/mol. The highest BCUT2D eigenvalue weighted by molar-refractivity contribution is 6.21. The van der Waals surface area contributed by atoms with E-state index >= 15 is 0 Å². The molecule has 1 heterocycles. The first-order valence-corrected chi connectivity index (χ1v) is 9.31. The van der Waals surface area contributed by atoms with Crippen LogP contribution in [0.15, 0.2) is 42.5 Å². The maximum Gasteiger partial charge on any atom is 0.416 e. The van der Waals surface area contributed by atoms with Crippen molar-refractivity contribution in [2.24, 2.45) is 0 Å². The van der Waals surface area contributed by atoms with Crippen molar-refractivity contribution in [1.82, 2.24) is 4.90 Å². The smallest absolute Gasteiger partial charge is 0.416 e. The molecule has 30 heavy (non-hydrogen) atoms. The number of halogens is 3. The molecule has 0 saturated carbocycles. The average Bonchev–Trinajstić information content (AvgIpc) is 2.94. The number of ether oxygens (including phenoxy) is 1. The summed E-state index contributed by atoms with van der Waals surface area (Å²) in [6.45, 7) is 1.92. The van der Waals surface area contributed by atoms with Crippen molar-refractivity contribution in [3.8, 4) is 5.75 Å². The van der Waals surface area contributed by atoms with E-state index < -0.39 is 29.5 Å². The maximum atomic E-state index is 13.0. The van der Waals surface area contributed by atoms with Crippen LogP contribution in [0.2, 0.25) is 0 Å². The fraction of sp³-hybridized carbons (Fsp3) is 0.286. The van der Waals surface area contributed by atoms with Crippen molar-refractivity contribution >= 4 is 23.4 Å². The fourth-order valence-corrected chi connectivity index (χ4v) is 3.14. The number of imide groups is 1. The van der Waals surface area contributed by atoms with E-state index in [1.54, 1.807) is 31.2 Å². The molecule has 0 bridgehead atoms. The van der Waals surface area contributed by atoms with E-state index in [4.69, 9.17) is 4.74 Å². The summed E-state index contributed by atoms with van der Waals surface area (Å²) in [6.07, 6.45) is -4.48. The lowest BCUT2D eigenvalue weighted by atomic mass is 10.1. The van der Waals surface area contributed by atoms with Gasteiger partial charge >= 0.3 is 6.18 Å². The van der Waals surface area contributed by atoms with Gasteiger partial charge in [-0.15, -0.1) is 0 Å². The van der Waals surface area contributed by atoms with Crippen LogP contribution in [-0.4, -0.2) is 35.8 Å². The minimum atomic E-state index is -4.56. The molecule has 1 aliphatic rings. The topological polar surface area (TPSA) is 75.7 Å². The minimum Gasteiger partial charge on any atom is -0.492 e. The highest BCUT2D eigenvalue weighted by Crippen LogP contribution is 2.35. The molecule has 0 fully saturated rings. The van der Waals surface area contributed by atoms with E-state index in [2.05, 4.69) is 5.32 Å². The van der Waals surface area contributed by atoms with Gasteiger partial charge in [-0.25, -0.2) is 0 Å².